The summed E-state index contributed by atoms with van der Waals surface area (Å²) < 4.78 is 16.0. The van der Waals surface area contributed by atoms with Crippen LogP contribution in [0.2, 0.25) is 0 Å². The third-order valence-corrected chi connectivity index (χ3v) is 4.28. The molecule has 6 heteroatoms. The van der Waals surface area contributed by atoms with Crippen LogP contribution in [0, 0.1) is 20.8 Å². The molecule has 2 aromatic rings. The Labute approximate surface area is 165 Å². The van der Waals surface area contributed by atoms with E-state index in [2.05, 4.69) is 5.32 Å². The fourth-order valence-electron chi connectivity index (χ4n) is 2.96. The van der Waals surface area contributed by atoms with E-state index in [0.29, 0.717) is 18.1 Å². The average molecular weight is 385 g/mol. The maximum Gasteiger partial charge on any atom is 0.339 e. The van der Waals surface area contributed by atoms with Gasteiger partial charge in [-0.3, -0.25) is 4.79 Å². The second-order valence-corrected chi connectivity index (χ2v) is 6.61. The molecule has 0 unspecified atom stereocenters. The summed E-state index contributed by atoms with van der Waals surface area (Å²) in [6, 6.07) is 8.73. The van der Waals surface area contributed by atoms with Gasteiger partial charge in [-0.2, -0.15) is 0 Å². The molecule has 0 heterocycles. The van der Waals surface area contributed by atoms with Crippen molar-refractivity contribution in [1.29, 1.82) is 0 Å². The maximum atomic E-state index is 12.5. The van der Waals surface area contributed by atoms with Gasteiger partial charge in [0.1, 0.15) is 0 Å². The van der Waals surface area contributed by atoms with E-state index >= 15 is 0 Å². The van der Waals surface area contributed by atoms with E-state index < -0.39 is 12.1 Å². The molecule has 0 aromatic heterocycles. The van der Waals surface area contributed by atoms with Crippen molar-refractivity contribution in [2.75, 3.05) is 19.0 Å². The quantitative estimate of drug-likeness (QED) is 0.723. The van der Waals surface area contributed by atoms with Crippen LogP contribution in [0.15, 0.2) is 30.3 Å². The summed E-state index contributed by atoms with van der Waals surface area (Å²) in [5.41, 5.74) is 4.06. The van der Waals surface area contributed by atoms with E-state index in [9.17, 15) is 9.59 Å². The summed E-state index contributed by atoms with van der Waals surface area (Å²) in [5.74, 6) is -0.0254. The Hall–Kier alpha value is -3.02. The molecule has 2 aromatic carbocycles. The Balaban J connectivity index is 2.10. The number of amides is 1. The Kier molecular flexibility index (Phi) is 7.04. The van der Waals surface area contributed by atoms with Gasteiger partial charge < -0.3 is 19.5 Å². The predicted molar refractivity (Wildman–Crippen MR) is 108 cm³/mol. The van der Waals surface area contributed by atoms with E-state index in [1.165, 1.54) is 7.11 Å². The third-order valence-electron chi connectivity index (χ3n) is 4.28. The van der Waals surface area contributed by atoms with Crippen molar-refractivity contribution in [2.45, 2.75) is 40.7 Å². The molecule has 1 N–H and O–H groups in total. The molecule has 0 aliphatic rings. The summed E-state index contributed by atoms with van der Waals surface area (Å²) in [4.78, 5) is 25.0. The molecular weight excluding hydrogens is 358 g/mol. The van der Waals surface area contributed by atoms with E-state index in [0.717, 1.165) is 22.4 Å². The zero-order chi connectivity index (χ0) is 20.8. The highest BCUT2D eigenvalue weighted by molar-refractivity contribution is 5.98. The lowest BCUT2D eigenvalue weighted by Gasteiger charge is -2.17. The number of methoxy groups -OCH3 is 1. The standard InChI is InChI=1S/C22H27NO5/c1-7-27-19-12-17(8-9-18(19)26-6)22(25)28-16(5)21(24)23-20-14(3)10-13(2)11-15(20)4/h8-12,16H,7H2,1-6H3,(H,23,24)/t16-/m1/s1. The molecule has 0 aliphatic carbocycles. The topological polar surface area (TPSA) is 73.9 Å². The van der Waals surface area contributed by atoms with Crippen LogP contribution in [-0.2, 0) is 9.53 Å². The lowest BCUT2D eigenvalue weighted by atomic mass is 10.0. The van der Waals surface area contributed by atoms with E-state index in [1.807, 2.05) is 39.8 Å². The summed E-state index contributed by atoms with van der Waals surface area (Å²) in [6.45, 7) is 9.67. The van der Waals surface area contributed by atoms with E-state index in [4.69, 9.17) is 14.2 Å². The number of hydrogen-bond donors (Lipinski definition) is 1. The number of nitrogens with one attached hydrogen (secondary N) is 1. The van der Waals surface area contributed by atoms with Gasteiger partial charge in [0.2, 0.25) is 0 Å². The Bertz CT molecular complexity index is 852. The molecule has 0 aliphatic heterocycles. The molecule has 2 rings (SSSR count). The molecule has 0 spiro atoms. The smallest absolute Gasteiger partial charge is 0.339 e. The molecule has 28 heavy (non-hydrogen) atoms. The minimum atomic E-state index is -0.953. The highest BCUT2D eigenvalue weighted by Crippen LogP contribution is 2.28. The monoisotopic (exact) mass is 385 g/mol. The number of carbonyl (C=O) groups excluding carboxylic acids is 2. The number of benzene rings is 2. The van der Waals surface area contributed by atoms with Gasteiger partial charge in [-0.15, -0.1) is 0 Å². The number of ether oxygens (including phenoxy) is 3. The molecule has 1 atom stereocenters. The van der Waals surface area contributed by atoms with Gasteiger partial charge >= 0.3 is 5.97 Å². The van der Waals surface area contributed by atoms with Crippen LogP contribution in [0.25, 0.3) is 0 Å². The van der Waals surface area contributed by atoms with Crippen molar-refractivity contribution in [3.8, 4) is 11.5 Å². The summed E-state index contributed by atoms with van der Waals surface area (Å²) in [6.07, 6.45) is -0.953. The normalized spacial score (nSPS) is 11.5. The third kappa shape index (κ3) is 5.03. The van der Waals surface area contributed by atoms with Crippen LogP contribution in [0.3, 0.4) is 0 Å². The lowest BCUT2D eigenvalue weighted by molar-refractivity contribution is -0.123. The summed E-state index contributed by atoms with van der Waals surface area (Å²) >= 11 is 0. The van der Waals surface area contributed by atoms with Crippen LogP contribution in [-0.4, -0.2) is 31.7 Å². The van der Waals surface area contributed by atoms with Crippen molar-refractivity contribution >= 4 is 17.6 Å². The first-order chi connectivity index (χ1) is 13.3. The molecule has 0 saturated heterocycles. The molecule has 6 nitrogen and oxygen atoms in total. The lowest BCUT2D eigenvalue weighted by Crippen LogP contribution is -2.30. The van der Waals surface area contributed by atoms with Crippen LogP contribution in [0.5, 0.6) is 11.5 Å². The first-order valence-corrected chi connectivity index (χ1v) is 9.17. The molecule has 0 bridgehead atoms. The highest BCUT2D eigenvalue weighted by Gasteiger charge is 2.21. The Morgan fingerprint density at radius 3 is 2.25 bits per heavy atom. The minimum Gasteiger partial charge on any atom is -0.493 e. The Morgan fingerprint density at radius 1 is 1.04 bits per heavy atom. The van der Waals surface area contributed by atoms with Crippen LogP contribution < -0.4 is 14.8 Å². The van der Waals surface area contributed by atoms with Gasteiger partial charge in [0, 0.05) is 5.69 Å². The van der Waals surface area contributed by atoms with Crippen molar-refractivity contribution in [3.05, 3.63) is 52.6 Å². The number of esters is 1. The summed E-state index contributed by atoms with van der Waals surface area (Å²) in [7, 11) is 1.53. The fourth-order valence-corrected chi connectivity index (χ4v) is 2.96. The first kappa shape index (κ1) is 21.3. The largest absolute Gasteiger partial charge is 0.493 e. The molecule has 0 saturated carbocycles. The second-order valence-electron chi connectivity index (χ2n) is 6.61. The second kappa shape index (κ2) is 9.26. The molecule has 0 radical (unpaired) electrons. The predicted octanol–water partition coefficient (Wildman–Crippen LogP) is 4.20. The number of carbonyl (C=O) groups is 2. The number of rotatable bonds is 7. The zero-order valence-corrected chi connectivity index (χ0v) is 17.2. The summed E-state index contributed by atoms with van der Waals surface area (Å²) in [5, 5.41) is 2.85. The van der Waals surface area contributed by atoms with Gasteiger partial charge in [0.25, 0.3) is 5.91 Å². The van der Waals surface area contributed by atoms with Crippen molar-refractivity contribution < 1.29 is 23.8 Å². The van der Waals surface area contributed by atoms with E-state index in [1.54, 1.807) is 25.1 Å². The zero-order valence-electron chi connectivity index (χ0n) is 17.2. The molecule has 1 amide bonds. The van der Waals surface area contributed by atoms with Gasteiger partial charge in [-0.1, -0.05) is 17.7 Å². The van der Waals surface area contributed by atoms with Crippen LogP contribution in [0.4, 0.5) is 5.69 Å². The van der Waals surface area contributed by atoms with Gasteiger partial charge in [-0.05, 0) is 63.9 Å². The van der Waals surface area contributed by atoms with Gasteiger partial charge in [0.15, 0.2) is 17.6 Å². The van der Waals surface area contributed by atoms with Gasteiger partial charge in [-0.25, -0.2) is 4.79 Å². The highest BCUT2D eigenvalue weighted by atomic mass is 16.5. The average Bonchev–Trinajstić information content (AvgIpc) is 2.64. The van der Waals surface area contributed by atoms with Crippen LogP contribution in [0.1, 0.15) is 40.9 Å². The maximum absolute atomic E-state index is 12.5. The van der Waals surface area contributed by atoms with E-state index in [-0.39, 0.29) is 11.5 Å². The van der Waals surface area contributed by atoms with Gasteiger partial charge in [0.05, 0.1) is 19.3 Å². The number of hydrogen-bond acceptors (Lipinski definition) is 5. The van der Waals surface area contributed by atoms with Crippen molar-refractivity contribution in [2.24, 2.45) is 0 Å². The van der Waals surface area contributed by atoms with Crippen molar-refractivity contribution in [3.63, 3.8) is 0 Å². The number of aryl methyl sites for hydroxylation is 3. The number of anilines is 1. The van der Waals surface area contributed by atoms with Crippen LogP contribution >= 0.6 is 0 Å². The SMILES string of the molecule is CCOc1cc(C(=O)O[C@H](C)C(=O)Nc2c(C)cc(C)cc2C)ccc1OC. The first-order valence-electron chi connectivity index (χ1n) is 9.17. The van der Waals surface area contributed by atoms with Crippen molar-refractivity contribution in [1.82, 2.24) is 0 Å². The Morgan fingerprint density at radius 2 is 1.68 bits per heavy atom. The molecule has 0 fully saturated rings. The fraction of sp³-hybridized carbons (Fsp3) is 0.364. The molecule has 150 valence electrons. The minimum absolute atomic E-state index is 0.284. The molecular formula is C22H27NO5.